The summed E-state index contributed by atoms with van der Waals surface area (Å²) in [7, 11) is 0. The predicted octanol–water partition coefficient (Wildman–Crippen LogP) is 4.08. The van der Waals surface area contributed by atoms with Crippen LogP contribution in [-0.2, 0) is 6.42 Å². The van der Waals surface area contributed by atoms with Gasteiger partial charge in [-0.25, -0.2) is 4.39 Å². The summed E-state index contributed by atoms with van der Waals surface area (Å²) in [5.74, 6) is -0.353. The fraction of sp³-hybridized carbons (Fsp3) is 0.312. The van der Waals surface area contributed by atoms with E-state index in [0.717, 1.165) is 17.8 Å². The predicted molar refractivity (Wildman–Crippen MR) is 80.5 cm³/mol. The van der Waals surface area contributed by atoms with Gasteiger partial charge in [0, 0.05) is 29.9 Å². The van der Waals surface area contributed by atoms with Gasteiger partial charge in [0.1, 0.15) is 5.82 Å². The molecule has 1 aromatic heterocycles. The maximum Gasteiger partial charge on any atom is 0.146 e. The van der Waals surface area contributed by atoms with Gasteiger partial charge < -0.3 is 5.32 Å². The molecule has 1 atom stereocenters. The van der Waals surface area contributed by atoms with Gasteiger partial charge in [0.2, 0.25) is 0 Å². The van der Waals surface area contributed by atoms with Gasteiger partial charge in [-0.15, -0.1) is 0 Å². The zero-order chi connectivity index (χ0) is 14.5. The molecule has 1 unspecified atom stereocenters. The van der Waals surface area contributed by atoms with E-state index in [1.165, 1.54) is 0 Å². The molecule has 1 aromatic carbocycles. The fourth-order valence-corrected chi connectivity index (χ4v) is 2.44. The molecule has 0 radical (unpaired) electrons. The molecule has 0 aliphatic heterocycles. The second kappa shape index (κ2) is 6.82. The molecule has 0 fully saturated rings. The monoisotopic (exact) mass is 292 g/mol. The lowest BCUT2D eigenvalue weighted by molar-refractivity contribution is 0.505. The number of nitrogens with one attached hydrogen (secondary N) is 1. The summed E-state index contributed by atoms with van der Waals surface area (Å²) in [5.41, 5.74) is 2.67. The number of aryl methyl sites for hydroxylation is 1. The first-order valence-corrected chi connectivity index (χ1v) is 7.09. The van der Waals surface area contributed by atoms with Crippen molar-refractivity contribution in [3.8, 4) is 0 Å². The molecule has 0 amide bonds. The Hall–Kier alpha value is -1.45. The molecule has 0 bridgehead atoms. The number of aromatic nitrogens is 1. The van der Waals surface area contributed by atoms with Crippen molar-refractivity contribution in [2.45, 2.75) is 26.3 Å². The van der Waals surface area contributed by atoms with Gasteiger partial charge in [-0.05, 0) is 31.2 Å². The van der Waals surface area contributed by atoms with Crippen molar-refractivity contribution in [1.29, 1.82) is 0 Å². The van der Waals surface area contributed by atoms with E-state index in [4.69, 9.17) is 11.6 Å². The number of hydrogen-bond donors (Lipinski definition) is 1. The minimum absolute atomic E-state index is 0.132. The standard InChI is InChI=1S/C16H18ClFN2/c1-3-19-15(10-14-11(2)6-5-9-20-14)12-7-4-8-13(17)16(12)18/h4-9,15,19H,3,10H2,1-2H3. The highest BCUT2D eigenvalue weighted by atomic mass is 35.5. The Kier molecular flexibility index (Phi) is 5.10. The molecule has 2 nitrogen and oxygen atoms in total. The van der Waals surface area contributed by atoms with E-state index in [0.29, 0.717) is 12.0 Å². The van der Waals surface area contributed by atoms with Crippen molar-refractivity contribution >= 4 is 11.6 Å². The van der Waals surface area contributed by atoms with Crippen molar-refractivity contribution in [1.82, 2.24) is 10.3 Å². The van der Waals surface area contributed by atoms with Crippen molar-refractivity contribution < 1.29 is 4.39 Å². The van der Waals surface area contributed by atoms with Crippen LogP contribution in [0.5, 0.6) is 0 Å². The molecule has 0 saturated carbocycles. The summed E-state index contributed by atoms with van der Waals surface area (Å²) in [6, 6.07) is 8.89. The van der Waals surface area contributed by atoms with E-state index in [1.807, 2.05) is 26.0 Å². The number of hydrogen-bond acceptors (Lipinski definition) is 2. The highest BCUT2D eigenvalue weighted by Gasteiger charge is 2.18. The van der Waals surface area contributed by atoms with Gasteiger partial charge in [-0.2, -0.15) is 0 Å². The molecule has 106 valence electrons. The van der Waals surface area contributed by atoms with E-state index in [2.05, 4.69) is 10.3 Å². The maximum absolute atomic E-state index is 14.2. The zero-order valence-electron chi connectivity index (χ0n) is 11.7. The molecule has 2 rings (SSSR count). The molecular weight excluding hydrogens is 275 g/mol. The van der Waals surface area contributed by atoms with Gasteiger partial charge in [0.05, 0.1) is 5.02 Å². The Labute approximate surface area is 124 Å². The molecule has 1 heterocycles. The molecule has 0 spiro atoms. The third kappa shape index (κ3) is 3.35. The number of rotatable bonds is 5. The van der Waals surface area contributed by atoms with Crippen LogP contribution in [0.3, 0.4) is 0 Å². The van der Waals surface area contributed by atoms with E-state index < -0.39 is 0 Å². The third-order valence-electron chi connectivity index (χ3n) is 3.32. The van der Waals surface area contributed by atoms with Crippen LogP contribution in [0.15, 0.2) is 36.5 Å². The minimum atomic E-state index is -0.353. The number of benzene rings is 1. The number of likely N-dealkylation sites (N-methyl/N-ethyl adjacent to an activating group) is 1. The lowest BCUT2D eigenvalue weighted by atomic mass is 9.99. The molecule has 0 aliphatic carbocycles. The van der Waals surface area contributed by atoms with Gasteiger partial charge in [0.15, 0.2) is 0 Å². The smallest absolute Gasteiger partial charge is 0.146 e. The van der Waals surface area contributed by atoms with Crippen molar-refractivity contribution in [2.75, 3.05) is 6.54 Å². The molecule has 4 heteroatoms. The number of pyridine rings is 1. The summed E-state index contributed by atoms with van der Waals surface area (Å²) in [6.45, 7) is 4.77. The van der Waals surface area contributed by atoms with E-state index >= 15 is 0 Å². The quantitative estimate of drug-likeness (QED) is 0.898. The molecular formula is C16H18ClFN2. The summed E-state index contributed by atoms with van der Waals surface area (Å²) in [6.07, 6.45) is 2.40. The van der Waals surface area contributed by atoms with Crippen LogP contribution in [0.25, 0.3) is 0 Å². The maximum atomic E-state index is 14.2. The Morgan fingerprint density at radius 2 is 2.10 bits per heavy atom. The normalized spacial score (nSPS) is 12.4. The summed E-state index contributed by atoms with van der Waals surface area (Å²) in [4.78, 5) is 4.38. The lowest BCUT2D eigenvalue weighted by Crippen LogP contribution is -2.24. The molecule has 0 saturated heterocycles. The second-order valence-electron chi connectivity index (χ2n) is 4.72. The topological polar surface area (TPSA) is 24.9 Å². The fourth-order valence-electron chi connectivity index (χ4n) is 2.25. The van der Waals surface area contributed by atoms with Crippen LogP contribution in [0, 0.1) is 12.7 Å². The van der Waals surface area contributed by atoms with Gasteiger partial charge >= 0.3 is 0 Å². The Morgan fingerprint density at radius 1 is 1.30 bits per heavy atom. The highest BCUT2D eigenvalue weighted by molar-refractivity contribution is 6.30. The van der Waals surface area contributed by atoms with Crippen LogP contribution in [-0.4, -0.2) is 11.5 Å². The highest BCUT2D eigenvalue weighted by Crippen LogP contribution is 2.26. The van der Waals surface area contributed by atoms with Crippen molar-refractivity contribution in [3.05, 3.63) is 64.2 Å². The first kappa shape index (κ1) is 14.9. The van der Waals surface area contributed by atoms with Gasteiger partial charge in [-0.1, -0.05) is 36.7 Å². The third-order valence-corrected chi connectivity index (χ3v) is 3.61. The Balaban J connectivity index is 2.32. The molecule has 0 aliphatic rings. The Bertz CT molecular complexity index is 586. The van der Waals surface area contributed by atoms with Crippen LogP contribution >= 0.6 is 11.6 Å². The van der Waals surface area contributed by atoms with Crippen LogP contribution < -0.4 is 5.32 Å². The minimum Gasteiger partial charge on any atom is -0.310 e. The second-order valence-corrected chi connectivity index (χ2v) is 5.13. The average molecular weight is 293 g/mol. The average Bonchev–Trinajstić information content (AvgIpc) is 2.44. The molecule has 2 aromatic rings. The first-order valence-electron chi connectivity index (χ1n) is 6.71. The van der Waals surface area contributed by atoms with Gasteiger partial charge in [-0.3, -0.25) is 4.98 Å². The summed E-state index contributed by atoms with van der Waals surface area (Å²) >= 11 is 5.87. The summed E-state index contributed by atoms with van der Waals surface area (Å²) in [5, 5.41) is 3.46. The van der Waals surface area contributed by atoms with E-state index in [-0.39, 0.29) is 16.9 Å². The SMILES string of the molecule is CCNC(Cc1ncccc1C)c1cccc(Cl)c1F. The van der Waals surface area contributed by atoms with Crippen molar-refractivity contribution in [3.63, 3.8) is 0 Å². The first-order chi connectivity index (χ1) is 9.63. The zero-order valence-corrected chi connectivity index (χ0v) is 12.4. The van der Waals surface area contributed by atoms with Crippen molar-refractivity contribution in [2.24, 2.45) is 0 Å². The largest absolute Gasteiger partial charge is 0.310 e. The summed E-state index contributed by atoms with van der Waals surface area (Å²) < 4.78 is 14.2. The number of halogens is 2. The van der Waals surface area contributed by atoms with Gasteiger partial charge in [0.25, 0.3) is 0 Å². The van der Waals surface area contributed by atoms with Crippen LogP contribution in [0.2, 0.25) is 5.02 Å². The van der Waals surface area contributed by atoms with E-state index in [9.17, 15) is 4.39 Å². The molecule has 20 heavy (non-hydrogen) atoms. The van der Waals surface area contributed by atoms with E-state index in [1.54, 1.807) is 24.4 Å². The van der Waals surface area contributed by atoms with Crippen LogP contribution in [0.4, 0.5) is 4.39 Å². The Morgan fingerprint density at radius 3 is 2.80 bits per heavy atom. The number of nitrogens with zero attached hydrogens (tertiary/aromatic N) is 1. The molecule has 1 N–H and O–H groups in total. The van der Waals surface area contributed by atoms with Crippen LogP contribution in [0.1, 0.15) is 29.8 Å². The lowest BCUT2D eigenvalue weighted by Gasteiger charge is -2.20.